The standard InChI is InChI=1S/C20H23ClFN7S/c1-11-8-13(3)28(24-11)14(4)19-26-29(20(23)30-19)18-9-12(2)27(25-18)10-15-16(21)6-5-7-17(15)22/h5-9,14,20H,10,23H2,1-4H3. The fourth-order valence-electron chi connectivity index (χ4n) is 3.46. The molecule has 3 heterocycles. The first-order valence-electron chi connectivity index (χ1n) is 9.54. The van der Waals surface area contributed by atoms with Crippen molar-refractivity contribution in [3.63, 3.8) is 0 Å². The largest absolute Gasteiger partial charge is 0.301 e. The third kappa shape index (κ3) is 3.84. The van der Waals surface area contributed by atoms with Gasteiger partial charge in [0, 0.05) is 28.0 Å². The molecule has 1 aliphatic rings. The minimum absolute atomic E-state index is 0.0415. The van der Waals surface area contributed by atoms with Crippen LogP contribution in [0.15, 0.2) is 35.4 Å². The Labute approximate surface area is 183 Å². The molecule has 30 heavy (non-hydrogen) atoms. The fourth-order valence-corrected chi connectivity index (χ4v) is 4.62. The number of rotatable bonds is 5. The SMILES string of the molecule is Cc1cc(C)n(C(C)C2=NN(c3cc(C)n(Cc4c(F)cccc4Cl)n3)C(N)S2)n1. The Morgan fingerprint density at radius 3 is 2.63 bits per heavy atom. The van der Waals surface area contributed by atoms with Crippen LogP contribution in [0.4, 0.5) is 10.2 Å². The maximum Gasteiger partial charge on any atom is 0.173 e. The van der Waals surface area contributed by atoms with Gasteiger partial charge in [0.05, 0.1) is 18.3 Å². The van der Waals surface area contributed by atoms with Crippen LogP contribution in [0.2, 0.25) is 5.02 Å². The van der Waals surface area contributed by atoms with Gasteiger partial charge in [-0.05, 0) is 45.9 Å². The lowest BCUT2D eigenvalue weighted by molar-refractivity contribution is 0.579. The molecule has 0 radical (unpaired) electrons. The fraction of sp³-hybridized carbons (Fsp3) is 0.350. The number of hydrogen-bond donors (Lipinski definition) is 1. The quantitative estimate of drug-likeness (QED) is 0.633. The molecule has 0 amide bonds. The molecule has 1 aliphatic heterocycles. The summed E-state index contributed by atoms with van der Waals surface area (Å²) in [6, 6.07) is 8.53. The molecule has 158 valence electrons. The Kier molecular flexibility index (Phi) is 5.61. The first kappa shape index (κ1) is 20.9. The van der Waals surface area contributed by atoms with Gasteiger partial charge in [-0.2, -0.15) is 15.3 Å². The van der Waals surface area contributed by atoms with Gasteiger partial charge in [-0.3, -0.25) is 9.36 Å². The number of benzene rings is 1. The monoisotopic (exact) mass is 447 g/mol. The minimum atomic E-state index is -0.404. The van der Waals surface area contributed by atoms with E-state index in [2.05, 4.69) is 10.2 Å². The summed E-state index contributed by atoms with van der Waals surface area (Å²) in [5.41, 5.74) is 9.22. The molecular weight excluding hydrogens is 425 g/mol. The van der Waals surface area contributed by atoms with E-state index in [1.807, 2.05) is 44.5 Å². The van der Waals surface area contributed by atoms with Crippen LogP contribution in [-0.4, -0.2) is 30.1 Å². The van der Waals surface area contributed by atoms with Crippen LogP contribution in [0, 0.1) is 26.6 Å². The summed E-state index contributed by atoms with van der Waals surface area (Å²) in [5.74, 6) is 0.252. The molecule has 1 aromatic carbocycles. The lowest BCUT2D eigenvalue weighted by Gasteiger charge is -2.15. The molecule has 7 nitrogen and oxygen atoms in total. The summed E-state index contributed by atoms with van der Waals surface area (Å²) < 4.78 is 17.8. The van der Waals surface area contributed by atoms with Crippen LogP contribution >= 0.6 is 23.4 Å². The summed E-state index contributed by atoms with van der Waals surface area (Å²) >= 11 is 7.65. The topological polar surface area (TPSA) is 77.3 Å². The van der Waals surface area contributed by atoms with Gasteiger partial charge in [0.2, 0.25) is 0 Å². The second kappa shape index (κ2) is 8.05. The van der Waals surface area contributed by atoms with Crippen LogP contribution in [-0.2, 0) is 6.54 Å². The number of hydrogen-bond acceptors (Lipinski definition) is 6. The summed E-state index contributed by atoms with van der Waals surface area (Å²) in [7, 11) is 0. The Balaban J connectivity index is 1.60. The van der Waals surface area contributed by atoms with E-state index in [-0.39, 0.29) is 18.4 Å². The van der Waals surface area contributed by atoms with Crippen molar-refractivity contribution in [2.24, 2.45) is 10.8 Å². The predicted molar refractivity (Wildman–Crippen MR) is 119 cm³/mol. The normalized spacial score (nSPS) is 17.5. The van der Waals surface area contributed by atoms with E-state index in [0.29, 0.717) is 16.4 Å². The van der Waals surface area contributed by atoms with Gasteiger partial charge in [-0.15, -0.1) is 0 Å². The van der Waals surface area contributed by atoms with Gasteiger partial charge in [-0.25, -0.2) is 9.40 Å². The zero-order chi connectivity index (χ0) is 21.6. The highest BCUT2D eigenvalue weighted by molar-refractivity contribution is 8.14. The van der Waals surface area contributed by atoms with Gasteiger partial charge < -0.3 is 5.73 Å². The lowest BCUT2D eigenvalue weighted by atomic mass is 10.2. The van der Waals surface area contributed by atoms with Crippen LogP contribution in [0.25, 0.3) is 0 Å². The molecular formula is C20H23ClFN7S. The van der Waals surface area contributed by atoms with Crippen molar-refractivity contribution >= 4 is 34.2 Å². The Hall–Kier alpha value is -2.36. The van der Waals surface area contributed by atoms with E-state index < -0.39 is 5.50 Å². The van der Waals surface area contributed by atoms with Crippen LogP contribution < -0.4 is 10.7 Å². The van der Waals surface area contributed by atoms with Gasteiger partial charge in [0.1, 0.15) is 10.9 Å². The van der Waals surface area contributed by atoms with Crippen LogP contribution in [0.5, 0.6) is 0 Å². The second-order valence-electron chi connectivity index (χ2n) is 7.34. The number of aryl methyl sites for hydroxylation is 3. The summed E-state index contributed by atoms with van der Waals surface area (Å²) in [4.78, 5) is 0. The first-order valence-corrected chi connectivity index (χ1v) is 10.8. The van der Waals surface area contributed by atoms with E-state index in [0.717, 1.165) is 22.1 Å². The number of nitrogens with zero attached hydrogens (tertiary/aromatic N) is 6. The average molecular weight is 448 g/mol. The lowest BCUT2D eigenvalue weighted by Crippen LogP contribution is -2.32. The molecule has 0 spiro atoms. The van der Waals surface area contributed by atoms with Gasteiger partial charge >= 0.3 is 0 Å². The number of halogens is 2. The molecule has 0 saturated carbocycles. The van der Waals surface area contributed by atoms with Crippen molar-refractivity contribution < 1.29 is 4.39 Å². The third-order valence-corrected chi connectivity index (χ3v) is 6.49. The molecule has 10 heteroatoms. The molecule has 3 aromatic rings. The van der Waals surface area contributed by atoms with Gasteiger partial charge in [-0.1, -0.05) is 29.4 Å². The van der Waals surface area contributed by atoms with Crippen molar-refractivity contribution in [1.29, 1.82) is 0 Å². The van der Waals surface area contributed by atoms with E-state index in [4.69, 9.17) is 22.4 Å². The van der Waals surface area contributed by atoms with E-state index in [1.54, 1.807) is 21.8 Å². The van der Waals surface area contributed by atoms with E-state index in [9.17, 15) is 4.39 Å². The summed E-state index contributed by atoms with van der Waals surface area (Å²) in [6.45, 7) is 8.17. The average Bonchev–Trinajstić information content (AvgIpc) is 3.34. The molecule has 0 aliphatic carbocycles. The molecule has 0 saturated heterocycles. The predicted octanol–water partition coefficient (Wildman–Crippen LogP) is 4.22. The number of anilines is 1. The number of hydrazone groups is 1. The maximum absolute atomic E-state index is 14.2. The number of nitrogens with two attached hydrogens (primary N) is 1. The second-order valence-corrected chi connectivity index (χ2v) is 8.88. The minimum Gasteiger partial charge on any atom is -0.301 e. The van der Waals surface area contributed by atoms with Gasteiger partial charge in [0.25, 0.3) is 0 Å². The molecule has 2 aromatic heterocycles. The van der Waals surface area contributed by atoms with Crippen molar-refractivity contribution in [2.75, 3.05) is 5.01 Å². The smallest absolute Gasteiger partial charge is 0.173 e. The molecule has 4 rings (SSSR count). The molecule has 2 atom stereocenters. The molecule has 0 bridgehead atoms. The Morgan fingerprint density at radius 1 is 1.20 bits per heavy atom. The highest BCUT2D eigenvalue weighted by Crippen LogP contribution is 2.33. The van der Waals surface area contributed by atoms with Crippen molar-refractivity contribution in [2.45, 2.75) is 45.8 Å². The first-order chi connectivity index (χ1) is 14.2. The molecule has 2 N–H and O–H groups in total. The number of aromatic nitrogens is 4. The van der Waals surface area contributed by atoms with E-state index in [1.165, 1.54) is 17.8 Å². The van der Waals surface area contributed by atoms with Crippen molar-refractivity contribution in [1.82, 2.24) is 19.6 Å². The summed E-state index contributed by atoms with van der Waals surface area (Å²) in [6.07, 6.45) is 0. The van der Waals surface area contributed by atoms with Crippen LogP contribution in [0.3, 0.4) is 0 Å². The molecule has 0 fully saturated rings. The Bertz CT molecular complexity index is 1100. The molecule has 2 unspecified atom stereocenters. The highest BCUT2D eigenvalue weighted by atomic mass is 35.5. The van der Waals surface area contributed by atoms with E-state index >= 15 is 0 Å². The van der Waals surface area contributed by atoms with Crippen LogP contribution in [0.1, 0.15) is 35.6 Å². The summed E-state index contributed by atoms with van der Waals surface area (Å²) in [5, 5.41) is 16.8. The highest BCUT2D eigenvalue weighted by Gasteiger charge is 2.31. The van der Waals surface area contributed by atoms with Gasteiger partial charge in [0.15, 0.2) is 11.3 Å². The Morgan fingerprint density at radius 2 is 1.97 bits per heavy atom. The number of thioether (sulfide) groups is 1. The zero-order valence-electron chi connectivity index (χ0n) is 17.2. The van der Waals surface area contributed by atoms with Crippen molar-refractivity contribution in [3.8, 4) is 0 Å². The zero-order valence-corrected chi connectivity index (χ0v) is 18.7. The maximum atomic E-state index is 14.2. The third-order valence-electron chi connectivity index (χ3n) is 5.03. The van der Waals surface area contributed by atoms with Crippen molar-refractivity contribution in [3.05, 3.63) is 63.8 Å².